The SMILES string of the molecule is CN(CC1CCCCO1)C(=O)C(F)(F)C(F)(F)F. The number of nitrogens with zero attached hydrogens (tertiary/aromatic N) is 1. The van der Waals surface area contributed by atoms with Crippen LogP contribution >= 0.6 is 0 Å². The van der Waals surface area contributed by atoms with Crippen LogP contribution in [0.5, 0.6) is 0 Å². The number of rotatable bonds is 3. The van der Waals surface area contributed by atoms with Crippen molar-refractivity contribution in [3.63, 3.8) is 0 Å². The Morgan fingerprint density at radius 2 is 1.89 bits per heavy atom. The predicted octanol–water partition coefficient (Wildman–Crippen LogP) is 2.21. The maximum absolute atomic E-state index is 12.8. The molecular weight excluding hydrogens is 261 g/mol. The van der Waals surface area contributed by atoms with Crippen molar-refractivity contribution in [2.75, 3.05) is 20.2 Å². The second-order valence-corrected chi connectivity index (χ2v) is 4.25. The summed E-state index contributed by atoms with van der Waals surface area (Å²) in [5.41, 5.74) is 0. The molecule has 18 heavy (non-hydrogen) atoms. The molecule has 0 aromatic carbocycles. The summed E-state index contributed by atoms with van der Waals surface area (Å²) in [6.45, 7) is 0.173. The standard InChI is InChI=1S/C10H14F5NO2/c1-16(6-7-4-2-3-5-18-7)8(17)9(11,12)10(13,14)15/h7H,2-6H2,1H3. The van der Waals surface area contributed by atoms with Crippen LogP contribution in [0, 0.1) is 0 Å². The summed E-state index contributed by atoms with van der Waals surface area (Å²) in [5, 5.41) is 0. The van der Waals surface area contributed by atoms with Crippen molar-refractivity contribution < 1.29 is 31.5 Å². The highest BCUT2D eigenvalue weighted by atomic mass is 19.4. The highest BCUT2D eigenvalue weighted by Gasteiger charge is 2.64. The lowest BCUT2D eigenvalue weighted by Crippen LogP contribution is -2.52. The van der Waals surface area contributed by atoms with Crippen LogP contribution in [0.15, 0.2) is 0 Å². The third-order valence-corrected chi connectivity index (χ3v) is 2.72. The molecule has 3 nitrogen and oxygen atoms in total. The van der Waals surface area contributed by atoms with E-state index in [0.717, 1.165) is 19.9 Å². The molecule has 1 saturated heterocycles. The van der Waals surface area contributed by atoms with E-state index in [1.54, 1.807) is 0 Å². The topological polar surface area (TPSA) is 29.5 Å². The van der Waals surface area contributed by atoms with Gasteiger partial charge in [-0.1, -0.05) is 0 Å². The summed E-state index contributed by atoms with van der Waals surface area (Å²) in [4.78, 5) is 11.5. The summed E-state index contributed by atoms with van der Waals surface area (Å²) in [6.07, 6.45) is -4.16. The van der Waals surface area contributed by atoms with Gasteiger partial charge in [0.2, 0.25) is 0 Å². The first-order chi connectivity index (χ1) is 8.16. The van der Waals surface area contributed by atoms with E-state index in [-0.39, 0.29) is 6.54 Å². The number of carbonyl (C=O) groups excluding carboxylic acids is 1. The number of hydrogen-bond donors (Lipinski definition) is 0. The van der Waals surface area contributed by atoms with E-state index in [0.29, 0.717) is 17.9 Å². The largest absolute Gasteiger partial charge is 0.463 e. The van der Waals surface area contributed by atoms with Crippen molar-refractivity contribution in [2.45, 2.75) is 37.5 Å². The van der Waals surface area contributed by atoms with Crippen LogP contribution in [0.2, 0.25) is 0 Å². The quantitative estimate of drug-likeness (QED) is 0.739. The number of alkyl halides is 5. The Balaban J connectivity index is 2.60. The van der Waals surface area contributed by atoms with Crippen molar-refractivity contribution in [3.8, 4) is 0 Å². The normalized spacial score (nSPS) is 21.8. The van der Waals surface area contributed by atoms with Crippen LogP contribution in [0.4, 0.5) is 22.0 Å². The first-order valence-electron chi connectivity index (χ1n) is 5.48. The fraction of sp³-hybridized carbons (Fsp3) is 0.900. The molecular formula is C10H14F5NO2. The van der Waals surface area contributed by atoms with E-state index in [2.05, 4.69) is 0 Å². The van der Waals surface area contributed by atoms with Crippen molar-refractivity contribution in [3.05, 3.63) is 0 Å². The van der Waals surface area contributed by atoms with Gasteiger partial charge >= 0.3 is 18.0 Å². The Labute approximate surface area is 101 Å². The van der Waals surface area contributed by atoms with Gasteiger partial charge in [0, 0.05) is 20.2 Å². The fourth-order valence-electron chi connectivity index (χ4n) is 1.70. The van der Waals surface area contributed by atoms with E-state index in [9.17, 15) is 26.7 Å². The van der Waals surface area contributed by atoms with E-state index in [1.807, 2.05) is 0 Å². The summed E-state index contributed by atoms with van der Waals surface area (Å²) in [5.74, 6) is -7.60. The van der Waals surface area contributed by atoms with E-state index in [4.69, 9.17) is 4.74 Å². The molecule has 1 aliphatic rings. The summed E-state index contributed by atoms with van der Waals surface area (Å²) >= 11 is 0. The van der Waals surface area contributed by atoms with Crippen LogP contribution in [-0.2, 0) is 9.53 Å². The Morgan fingerprint density at radius 3 is 2.33 bits per heavy atom. The lowest BCUT2D eigenvalue weighted by atomic mass is 10.1. The molecule has 0 N–H and O–H groups in total. The number of amides is 1. The van der Waals surface area contributed by atoms with Gasteiger partial charge in [-0.3, -0.25) is 4.79 Å². The fourth-order valence-corrected chi connectivity index (χ4v) is 1.70. The van der Waals surface area contributed by atoms with E-state index >= 15 is 0 Å². The van der Waals surface area contributed by atoms with Crippen LogP contribution in [0.1, 0.15) is 19.3 Å². The van der Waals surface area contributed by atoms with Gasteiger partial charge in [-0.05, 0) is 19.3 Å². The zero-order chi connectivity index (χ0) is 14.0. The first kappa shape index (κ1) is 15.1. The van der Waals surface area contributed by atoms with E-state index < -0.39 is 24.1 Å². The van der Waals surface area contributed by atoms with Crippen molar-refractivity contribution in [2.24, 2.45) is 0 Å². The molecule has 0 saturated carbocycles. The molecule has 1 amide bonds. The molecule has 1 fully saturated rings. The lowest BCUT2D eigenvalue weighted by molar-refractivity contribution is -0.274. The molecule has 106 valence electrons. The van der Waals surface area contributed by atoms with Gasteiger partial charge in [-0.25, -0.2) is 0 Å². The molecule has 0 bridgehead atoms. The van der Waals surface area contributed by atoms with Gasteiger partial charge in [-0.15, -0.1) is 0 Å². The second kappa shape index (κ2) is 5.38. The Kier molecular flexibility index (Phi) is 4.52. The van der Waals surface area contributed by atoms with Gasteiger partial charge in [0.05, 0.1) is 6.10 Å². The minimum atomic E-state index is -5.87. The van der Waals surface area contributed by atoms with Gasteiger partial charge in [0.1, 0.15) is 0 Å². The van der Waals surface area contributed by atoms with Crippen LogP contribution in [0.25, 0.3) is 0 Å². The monoisotopic (exact) mass is 275 g/mol. The summed E-state index contributed by atoms with van der Waals surface area (Å²) < 4.78 is 66.7. The van der Waals surface area contributed by atoms with Crippen LogP contribution in [-0.4, -0.2) is 49.2 Å². The number of halogens is 5. The predicted molar refractivity (Wildman–Crippen MR) is 52.2 cm³/mol. The summed E-state index contributed by atoms with van der Waals surface area (Å²) in [6, 6.07) is 0. The molecule has 8 heteroatoms. The molecule has 1 unspecified atom stereocenters. The first-order valence-corrected chi connectivity index (χ1v) is 5.48. The van der Waals surface area contributed by atoms with Crippen molar-refractivity contribution >= 4 is 5.91 Å². The maximum Gasteiger partial charge on any atom is 0.463 e. The average Bonchev–Trinajstić information content (AvgIpc) is 2.27. The van der Waals surface area contributed by atoms with Crippen LogP contribution < -0.4 is 0 Å². The maximum atomic E-state index is 12.8. The smallest absolute Gasteiger partial charge is 0.376 e. The number of hydrogen-bond acceptors (Lipinski definition) is 2. The van der Waals surface area contributed by atoms with Gasteiger partial charge < -0.3 is 9.64 Å². The zero-order valence-electron chi connectivity index (χ0n) is 9.77. The van der Waals surface area contributed by atoms with Gasteiger partial charge in [-0.2, -0.15) is 22.0 Å². The molecule has 0 aliphatic carbocycles. The van der Waals surface area contributed by atoms with Crippen LogP contribution in [0.3, 0.4) is 0 Å². The minimum Gasteiger partial charge on any atom is -0.376 e. The third-order valence-electron chi connectivity index (χ3n) is 2.72. The van der Waals surface area contributed by atoms with Gasteiger partial charge in [0.15, 0.2) is 0 Å². The molecule has 1 atom stereocenters. The second-order valence-electron chi connectivity index (χ2n) is 4.25. The average molecular weight is 275 g/mol. The van der Waals surface area contributed by atoms with Crippen molar-refractivity contribution in [1.82, 2.24) is 4.90 Å². The lowest BCUT2D eigenvalue weighted by Gasteiger charge is -2.30. The highest BCUT2D eigenvalue weighted by molar-refractivity contribution is 5.84. The molecule has 0 radical (unpaired) electrons. The molecule has 1 rings (SSSR count). The van der Waals surface area contributed by atoms with Gasteiger partial charge in [0.25, 0.3) is 0 Å². The molecule has 1 heterocycles. The number of ether oxygens (including phenoxy) is 1. The third kappa shape index (κ3) is 3.30. The molecule has 1 aliphatic heterocycles. The molecule has 0 aromatic heterocycles. The number of carbonyl (C=O) groups is 1. The molecule has 0 spiro atoms. The molecule has 0 aromatic rings. The van der Waals surface area contributed by atoms with E-state index in [1.165, 1.54) is 0 Å². The summed E-state index contributed by atoms with van der Waals surface area (Å²) in [7, 11) is 0.917. The highest BCUT2D eigenvalue weighted by Crippen LogP contribution is 2.36. The Bertz CT molecular complexity index is 299. The van der Waals surface area contributed by atoms with Crippen molar-refractivity contribution in [1.29, 1.82) is 0 Å². The Hall–Kier alpha value is -0.920. The minimum absolute atomic E-state index is 0.259. The zero-order valence-corrected chi connectivity index (χ0v) is 9.77. The number of likely N-dealkylation sites (N-methyl/N-ethyl adjacent to an activating group) is 1. The Morgan fingerprint density at radius 1 is 1.28 bits per heavy atom.